The van der Waals surface area contributed by atoms with Crippen molar-refractivity contribution in [1.82, 2.24) is 20.0 Å². The lowest BCUT2D eigenvalue weighted by Crippen LogP contribution is -2.33. The fraction of sp³-hybridized carbons (Fsp3) is 0.381. The molecule has 0 N–H and O–H groups in total. The molecular weight excluding hydrogens is 357 g/mol. The molecule has 0 saturated carbocycles. The van der Waals surface area contributed by atoms with Gasteiger partial charge in [0.15, 0.2) is 0 Å². The van der Waals surface area contributed by atoms with Crippen LogP contribution in [0.2, 0.25) is 0 Å². The fourth-order valence-electron chi connectivity index (χ4n) is 3.50. The van der Waals surface area contributed by atoms with Crippen molar-refractivity contribution in [3.63, 3.8) is 0 Å². The zero-order chi connectivity index (χ0) is 19.5. The van der Waals surface area contributed by atoms with Crippen LogP contribution < -0.4 is 4.90 Å². The Morgan fingerprint density at radius 3 is 2.79 bits per heavy atom. The van der Waals surface area contributed by atoms with Crippen molar-refractivity contribution in [3.8, 4) is 11.4 Å². The minimum Gasteiger partial charge on any atom is -0.355 e. The number of aromatic nitrogens is 3. The van der Waals surface area contributed by atoms with Gasteiger partial charge in [-0.25, -0.2) is 9.37 Å². The zero-order valence-corrected chi connectivity index (χ0v) is 16.2. The number of hydrogen-bond acceptors (Lipinski definition) is 6. The molecule has 3 aromatic rings. The Morgan fingerprint density at radius 2 is 2.00 bits per heavy atom. The van der Waals surface area contributed by atoms with Gasteiger partial charge in [0.2, 0.25) is 11.7 Å². The van der Waals surface area contributed by atoms with Crippen molar-refractivity contribution < 1.29 is 8.91 Å². The van der Waals surface area contributed by atoms with Gasteiger partial charge in [0.1, 0.15) is 11.6 Å². The lowest BCUT2D eigenvalue weighted by Gasteiger charge is -2.25. The van der Waals surface area contributed by atoms with Crippen LogP contribution in [0, 0.1) is 12.7 Å². The summed E-state index contributed by atoms with van der Waals surface area (Å²) in [6.07, 6.45) is 2.86. The van der Waals surface area contributed by atoms with E-state index in [-0.39, 0.29) is 11.9 Å². The molecule has 0 bridgehead atoms. The summed E-state index contributed by atoms with van der Waals surface area (Å²) in [4.78, 5) is 13.6. The Labute approximate surface area is 164 Å². The third-order valence-electron chi connectivity index (χ3n) is 5.28. The third-order valence-corrected chi connectivity index (χ3v) is 5.28. The van der Waals surface area contributed by atoms with Crippen molar-refractivity contribution >= 4 is 5.82 Å². The molecule has 0 amide bonds. The number of pyridine rings is 1. The molecule has 6 nitrogen and oxygen atoms in total. The van der Waals surface area contributed by atoms with Crippen molar-refractivity contribution in [2.45, 2.75) is 26.3 Å². The smallest absolute Gasteiger partial charge is 0.244 e. The lowest BCUT2D eigenvalue weighted by molar-refractivity contribution is 0.184. The summed E-state index contributed by atoms with van der Waals surface area (Å²) < 4.78 is 19.3. The Kier molecular flexibility index (Phi) is 5.34. The molecule has 7 heteroatoms. The van der Waals surface area contributed by atoms with E-state index in [4.69, 9.17) is 4.52 Å². The average molecular weight is 381 g/mol. The van der Waals surface area contributed by atoms with E-state index in [9.17, 15) is 4.39 Å². The van der Waals surface area contributed by atoms with E-state index in [2.05, 4.69) is 31.8 Å². The molecule has 1 aliphatic rings. The highest BCUT2D eigenvalue weighted by molar-refractivity contribution is 5.55. The molecule has 1 atom stereocenters. The number of nitrogens with zero attached hydrogens (tertiary/aromatic N) is 5. The van der Waals surface area contributed by atoms with Crippen LogP contribution in [-0.4, -0.2) is 46.2 Å². The molecule has 2 aromatic heterocycles. The summed E-state index contributed by atoms with van der Waals surface area (Å²) in [5.41, 5.74) is 1.23. The quantitative estimate of drug-likeness (QED) is 0.684. The van der Waals surface area contributed by atoms with Gasteiger partial charge in [0.25, 0.3) is 0 Å². The highest BCUT2D eigenvalue weighted by Gasteiger charge is 2.25. The molecule has 1 fully saturated rings. The maximum absolute atomic E-state index is 13.8. The van der Waals surface area contributed by atoms with Crippen LogP contribution in [0.4, 0.5) is 10.2 Å². The minimum atomic E-state index is -0.265. The molecule has 3 heterocycles. The second-order valence-corrected chi connectivity index (χ2v) is 7.16. The van der Waals surface area contributed by atoms with Gasteiger partial charge in [-0.05, 0) is 44.0 Å². The lowest BCUT2D eigenvalue weighted by atomic mass is 10.1. The molecule has 0 spiro atoms. The number of rotatable bonds is 4. The number of benzene rings is 1. The molecule has 1 saturated heterocycles. The largest absolute Gasteiger partial charge is 0.355 e. The van der Waals surface area contributed by atoms with E-state index in [0.29, 0.717) is 22.8 Å². The van der Waals surface area contributed by atoms with Crippen molar-refractivity contribution in [1.29, 1.82) is 0 Å². The Morgan fingerprint density at radius 1 is 1.11 bits per heavy atom. The second-order valence-electron chi connectivity index (χ2n) is 7.16. The van der Waals surface area contributed by atoms with E-state index in [1.807, 2.05) is 30.5 Å². The van der Waals surface area contributed by atoms with Gasteiger partial charge >= 0.3 is 0 Å². The SMILES string of the molecule is Cc1ccc(-c2noc([C@H](C)N3CCCN(c4ccccn4)CC3)n2)cc1F. The molecule has 28 heavy (non-hydrogen) atoms. The molecular formula is C21H24FN5O. The maximum atomic E-state index is 13.8. The van der Waals surface area contributed by atoms with Gasteiger partial charge in [-0.3, -0.25) is 4.90 Å². The maximum Gasteiger partial charge on any atom is 0.244 e. The first-order valence-corrected chi connectivity index (χ1v) is 9.62. The van der Waals surface area contributed by atoms with Crippen LogP contribution in [0.15, 0.2) is 47.1 Å². The minimum absolute atomic E-state index is 0.000211. The van der Waals surface area contributed by atoms with E-state index < -0.39 is 0 Å². The van der Waals surface area contributed by atoms with Crippen LogP contribution in [0.3, 0.4) is 0 Å². The van der Waals surface area contributed by atoms with Crippen LogP contribution in [0.25, 0.3) is 11.4 Å². The average Bonchev–Trinajstić information content (AvgIpc) is 3.08. The van der Waals surface area contributed by atoms with Crippen molar-refractivity contribution in [3.05, 3.63) is 59.9 Å². The first-order chi connectivity index (χ1) is 13.6. The van der Waals surface area contributed by atoms with E-state index >= 15 is 0 Å². The van der Waals surface area contributed by atoms with E-state index in [0.717, 1.165) is 38.4 Å². The summed E-state index contributed by atoms with van der Waals surface area (Å²) in [6.45, 7) is 7.50. The van der Waals surface area contributed by atoms with Crippen molar-refractivity contribution in [2.24, 2.45) is 0 Å². The summed E-state index contributed by atoms with van der Waals surface area (Å²) in [5, 5.41) is 4.06. The van der Waals surface area contributed by atoms with Crippen molar-refractivity contribution in [2.75, 3.05) is 31.1 Å². The molecule has 146 valence electrons. The first-order valence-electron chi connectivity index (χ1n) is 9.62. The second kappa shape index (κ2) is 8.06. The van der Waals surface area contributed by atoms with Gasteiger partial charge in [-0.15, -0.1) is 0 Å². The van der Waals surface area contributed by atoms with E-state index in [1.54, 1.807) is 13.0 Å². The topological polar surface area (TPSA) is 58.3 Å². The molecule has 1 aliphatic heterocycles. The number of hydrogen-bond donors (Lipinski definition) is 0. The summed E-state index contributed by atoms with van der Waals surface area (Å²) >= 11 is 0. The Balaban J connectivity index is 1.45. The van der Waals surface area contributed by atoms with Crippen LogP contribution in [-0.2, 0) is 0 Å². The standard InChI is InChI=1S/C21H24FN5O/c1-15-7-8-17(14-18(15)22)20-24-21(28-25-20)16(2)26-10-5-11-27(13-12-26)19-6-3-4-9-23-19/h3-4,6-9,14,16H,5,10-13H2,1-2H3/t16-/m0/s1. The third kappa shape index (κ3) is 3.89. The predicted octanol–water partition coefficient (Wildman–Crippen LogP) is 3.85. The molecule has 4 rings (SSSR count). The van der Waals surface area contributed by atoms with Gasteiger partial charge in [0, 0.05) is 37.9 Å². The van der Waals surface area contributed by atoms with Gasteiger partial charge in [0.05, 0.1) is 6.04 Å². The predicted molar refractivity (Wildman–Crippen MR) is 105 cm³/mol. The van der Waals surface area contributed by atoms with Crippen LogP contribution >= 0.6 is 0 Å². The summed E-state index contributed by atoms with van der Waals surface area (Å²) in [6, 6.07) is 11.0. The highest BCUT2D eigenvalue weighted by Crippen LogP contribution is 2.25. The number of halogens is 1. The molecule has 1 aromatic carbocycles. The van der Waals surface area contributed by atoms with Crippen LogP contribution in [0.5, 0.6) is 0 Å². The normalized spacial score (nSPS) is 16.8. The summed E-state index contributed by atoms with van der Waals surface area (Å²) in [5.74, 6) is 1.73. The Bertz CT molecular complexity index is 930. The zero-order valence-electron chi connectivity index (χ0n) is 16.2. The van der Waals surface area contributed by atoms with Gasteiger partial charge < -0.3 is 9.42 Å². The summed E-state index contributed by atoms with van der Waals surface area (Å²) in [7, 11) is 0. The number of anilines is 1. The monoisotopic (exact) mass is 381 g/mol. The molecule has 0 unspecified atom stereocenters. The van der Waals surface area contributed by atoms with Gasteiger partial charge in [-0.2, -0.15) is 4.98 Å². The number of aryl methyl sites for hydroxylation is 1. The van der Waals surface area contributed by atoms with Crippen LogP contribution in [0.1, 0.15) is 30.8 Å². The highest BCUT2D eigenvalue weighted by atomic mass is 19.1. The Hall–Kier alpha value is -2.80. The molecule has 0 aliphatic carbocycles. The van der Waals surface area contributed by atoms with Gasteiger partial charge in [-0.1, -0.05) is 23.4 Å². The fourth-order valence-corrected chi connectivity index (χ4v) is 3.50. The first kappa shape index (κ1) is 18.6. The van der Waals surface area contributed by atoms with E-state index in [1.165, 1.54) is 6.07 Å². The molecule has 0 radical (unpaired) electrons.